The second-order valence-electron chi connectivity index (χ2n) is 6.11. The molecule has 1 amide bonds. The van der Waals surface area contributed by atoms with Gasteiger partial charge in [-0.25, -0.2) is 0 Å². The van der Waals surface area contributed by atoms with Crippen LogP contribution in [0.3, 0.4) is 0 Å². The Morgan fingerprint density at radius 3 is 2.60 bits per heavy atom. The lowest BCUT2D eigenvalue weighted by atomic mass is 9.83. The predicted molar refractivity (Wildman–Crippen MR) is 83.4 cm³/mol. The molecule has 1 unspecified atom stereocenters. The quantitative estimate of drug-likeness (QED) is 0.654. The van der Waals surface area contributed by atoms with Crippen molar-refractivity contribution in [1.82, 2.24) is 5.32 Å². The minimum atomic E-state index is -0.530. The van der Waals surface area contributed by atoms with E-state index in [-0.39, 0.29) is 5.91 Å². The van der Waals surface area contributed by atoms with Crippen LogP contribution in [-0.2, 0) is 10.2 Å². The average molecular weight is 272 g/mol. The van der Waals surface area contributed by atoms with Crippen LogP contribution in [0, 0.1) is 5.92 Å². The van der Waals surface area contributed by atoms with Crippen molar-refractivity contribution < 1.29 is 4.79 Å². The molecule has 1 aromatic rings. The fourth-order valence-corrected chi connectivity index (χ4v) is 2.53. The Labute approximate surface area is 121 Å². The van der Waals surface area contributed by atoms with E-state index in [4.69, 9.17) is 5.73 Å². The molecule has 0 aromatic heterocycles. The van der Waals surface area contributed by atoms with E-state index in [1.165, 1.54) is 6.42 Å². The second kappa shape index (κ2) is 6.12. The number of carbonyl (C=O) groups is 1. The molecule has 2 rings (SSSR count). The first-order valence-corrected chi connectivity index (χ1v) is 7.29. The summed E-state index contributed by atoms with van der Waals surface area (Å²) >= 11 is 0. The summed E-state index contributed by atoms with van der Waals surface area (Å²) in [6, 6.07) is 7.54. The molecule has 3 nitrogen and oxygen atoms in total. The summed E-state index contributed by atoms with van der Waals surface area (Å²) in [6.45, 7) is 4.67. The highest BCUT2D eigenvalue weighted by Crippen LogP contribution is 2.25. The molecule has 3 heteroatoms. The largest absolute Gasteiger partial charge is 0.399 e. The van der Waals surface area contributed by atoms with Crippen molar-refractivity contribution in [3.05, 3.63) is 42.0 Å². The van der Waals surface area contributed by atoms with Gasteiger partial charge in [0, 0.05) is 12.2 Å². The van der Waals surface area contributed by atoms with Gasteiger partial charge in [0.05, 0.1) is 5.41 Å². The van der Waals surface area contributed by atoms with E-state index in [2.05, 4.69) is 17.5 Å². The summed E-state index contributed by atoms with van der Waals surface area (Å²) in [5, 5.41) is 3.10. The molecule has 0 heterocycles. The zero-order valence-corrected chi connectivity index (χ0v) is 12.4. The van der Waals surface area contributed by atoms with E-state index < -0.39 is 5.41 Å². The molecule has 0 saturated carbocycles. The van der Waals surface area contributed by atoms with Crippen molar-refractivity contribution in [1.29, 1.82) is 0 Å². The number of amides is 1. The Morgan fingerprint density at radius 1 is 1.30 bits per heavy atom. The van der Waals surface area contributed by atoms with E-state index in [1.54, 1.807) is 0 Å². The first kappa shape index (κ1) is 14.6. The smallest absolute Gasteiger partial charge is 0.230 e. The normalized spacial score (nSPS) is 18.8. The van der Waals surface area contributed by atoms with Crippen LogP contribution in [0.5, 0.6) is 0 Å². The zero-order chi connectivity index (χ0) is 14.6. The third-order valence-electron chi connectivity index (χ3n) is 4.13. The van der Waals surface area contributed by atoms with Crippen LogP contribution >= 0.6 is 0 Å². The van der Waals surface area contributed by atoms with E-state index in [0.29, 0.717) is 5.92 Å². The fourth-order valence-electron chi connectivity index (χ4n) is 2.53. The maximum atomic E-state index is 12.4. The van der Waals surface area contributed by atoms with Gasteiger partial charge in [-0.3, -0.25) is 4.79 Å². The van der Waals surface area contributed by atoms with Gasteiger partial charge in [0.1, 0.15) is 0 Å². The van der Waals surface area contributed by atoms with E-state index in [9.17, 15) is 4.79 Å². The Morgan fingerprint density at radius 2 is 2.00 bits per heavy atom. The molecular formula is C17H24N2O. The molecule has 0 bridgehead atoms. The van der Waals surface area contributed by atoms with Gasteiger partial charge in [-0.1, -0.05) is 24.3 Å². The number of nitrogens with one attached hydrogen (secondary N) is 1. The molecular weight excluding hydrogens is 248 g/mol. The van der Waals surface area contributed by atoms with Crippen molar-refractivity contribution in [2.45, 2.75) is 38.5 Å². The molecule has 1 aliphatic carbocycles. The zero-order valence-electron chi connectivity index (χ0n) is 12.4. The van der Waals surface area contributed by atoms with Gasteiger partial charge >= 0.3 is 0 Å². The SMILES string of the molecule is CC(C)(C(=O)NCC1CC=CCC1)c1ccc(N)cc1. The molecule has 0 radical (unpaired) electrons. The molecule has 1 aromatic carbocycles. The van der Waals surface area contributed by atoms with Gasteiger partial charge in [0.15, 0.2) is 0 Å². The summed E-state index contributed by atoms with van der Waals surface area (Å²) in [5.74, 6) is 0.656. The fraction of sp³-hybridized carbons (Fsp3) is 0.471. The summed E-state index contributed by atoms with van der Waals surface area (Å²) in [7, 11) is 0. The molecule has 1 aliphatic rings. The van der Waals surface area contributed by atoms with Crippen molar-refractivity contribution in [3.8, 4) is 0 Å². The molecule has 0 spiro atoms. The topological polar surface area (TPSA) is 55.1 Å². The van der Waals surface area contributed by atoms with E-state index >= 15 is 0 Å². The summed E-state index contributed by atoms with van der Waals surface area (Å²) in [6.07, 6.45) is 7.80. The van der Waals surface area contributed by atoms with Crippen molar-refractivity contribution in [2.75, 3.05) is 12.3 Å². The molecule has 0 fully saturated rings. The number of anilines is 1. The Hall–Kier alpha value is -1.77. The molecule has 3 N–H and O–H groups in total. The lowest BCUT2D eigenvalue weighted by molar-refractivity contribution is -0.125. The lowest BCUT2D eigenvalue weighted by Crippen LogP contribution is -2.42. The highest BCUT2D eigenvalue weighted by molar-refractivity contribution is 5.87. The number of benzene rings is 1. The van der Waals surface area contributed by atoms with Gasteiger partial charge in [0.2, 0.25) is 5.91 Å². The number of carbonyl (C=O) groups excluding carboxylic acids is 1. The summed E-state index contributed by atoms with van der Waals surface area (Å²) in [4.78, 5) is 12.4. The Kier molecular flexibility index (Phi) is 4.48. The minimum Gasteiger partial charge on any atom is -0.399 e. The van der Waals surface area contributed by atoms with E-state index in [1.807, 2.05) is 38.1 Å². The van der Waals surface area contributed by atoms with Crippen LogP contribution < -0.4 is 11.1 Å². The van der Waals surface area contributed by atoms with Crippen LogP contribution in [-0.4, -0.2) is 12.5 Å². The molecule has 20 heavy (non-hydrogen) atoms. The highest BCUT2D eigenvalue weighted by atomic mass is 16.2. The van der Waals surface area contributed by atoms with Crippen LogP contribution in [0.2, 0.25) is 0 Å². The predicted octanol–water partition coefficient (Wildman–Crippen LogP) is 3.02. The van der Waals surface area contributed by atoms with Crippen molar-refractivity contribution >= 4 is 11.6 Å². The summed E-state index contributed by atoms with van der Waals surface area (Å²) in [5.41, 5.74) is 6.88. The third-order valence-corrected chi connectivity index (χ3v) is 4.13. The van der Waals surface area contributed by atoms with Crippen molar-refractivity contribution in [2.24, 2.45) is 5.92 Å². The number of hydrogen-bond acceptors (Lipinski definition) is 2. The molecule has 0 aliphatic heterocycles. The van der Waals surface area contributed by atoms with Crippen LogP contribution in [0.4, 0.5) is 5.69 Å². The standard InChI is InChI=1S/C17H24N2O/c1-17(2,14-8-10-15(18)11-9-14)16(20)19-12-13-6-4-3-5-7-13/h3-4,8-11,13H,5-7,12,18H2,1-2H3,(H,19,20). The highest BCUT2D eigenvalue weighted by Gasteiger charge is 2.29. The van der Waals surface area contributed by atoms with E-state index in [0.717, 1.165) is 30.6 Å². The Balaban J connectivity index is 1.96. The number of nitrogens with two attached hydrogens (primary N) is 1. The van der Waals surface area contributed by atoms with Crippen LogP contribution in [0.15, 0.2) is 36.4 Å². The molecule has 0 saturated heterocycles. The van der Waals surface area contributed by atoms with Gasteiger partial charge in [-0.15, -0.1) is 0 Å². The first-order chi connectivity index (χ1) is 9.50. The monoisotopic (exact) mass is 272 g/mol. The number of nitrogen functional groups attached to an aromatic ring is 1. The first-order valence-electron chi connectivity index (χ1n) is 7.29. The third kappa shape index (κ3) is 3.41. The average Bonchev–Trinajstić information content (AvgIpc) is 2.46. The second-order valence-corrected chi connectivity index (χ2v) is 6.11. The Bertz CT molecular complexity index is 488. The van der Waals surface area contributed by atoms with Crippen LogP contribution in [0.25, 0.3) is 0 Å². The van der Waals surface area contributed by atoms with Crippen LogP contribution in [0.1, 0.15) is 38.7 Å². The molecule has 108 valence electrons. The maximum absolute atomic E-state index is 12.4. The van der Waals surface area contributed by atoms with Gasteiger partial charge < -0.3 is 11.1 Å². The number of allylic oxidation sites excluding steroid dienone is 2. The number of hydrogen-bond donors (Lipinski definition) is 2. The maximum Gasteiger partial charge on any atom is 0.230 e. The lowest BCUT2D eigenvalue weighted by Gasteiger charge is -2.26. The van der Waals surface area contributed by atoms with Crippen molar-refractivity contribution in [3.63, 3.8) is 0 Å². The molecule has 1 atom stereocenters. The summed E-state index contributed by atoms with van der Waals surface area (Å²) < 4.78 is 0. The van der Waals surface area contributed by atoms with Gasteiger partial charge in [0.25, 0.3) is 0 Å². The number of rotatable bonds is 4. The van der Waals surface area contributed by atoms with Gasteiger partial charge in [-0.2, -0.15) is 0 Å². The van der Waals surface area contributed by atoms with Gasteiger partial charge in [-0.05, 0) is 56.7 Å². The minimum absolute atomic E-state index is 0.0804.